The number of alkyl halides is 3. The zero-order valence-electron chi connectivity index (χ0n) is 13.8. The summed E-state index contributed by atoms with van der Waals surface area (Å²) in [4.78, 5) is 25.5. The van der Waals surface area contributed by atoms with E-state index in [-0.39, 0.29) is 12.2 Å². The molecule has 0 spiro atoms. The van der Waals surface area contributed by atoms with E-state index in [9.17, 15) is 22.8 Å². The van der Waals surface area contributed by atoms with Crippen LogP contribution in [-0.2, 0) is 17.5 Å². The van der Waals surface area contributed by atoms with Gasteiger partial charge in [0.15, 0.2) is 0 Å². The molecule has 0 aliphatic carbocycles. The van der Waals surface area contributed by atoms with Gasteiger partial charge in [-0.15, -0.1) is 0 Å². The van der Waals surface area contributed by atoms with Crippen LogP contribution in [0.15, 0.2) is 54.2 Å². The molecule has 1 fully saturated rings. The van der Waals surface area contributed by atoms with Gasteiger partial charge in [0.1, 0.15) is 5.70 Å². The fourth-order valence-electron chi connectivity index (χ4n) is 2.53. The van der Waals surface area contributed by atoms with Crippen LogP contribution in [0.2, 0.25) is 0 Å². The van der Waals surface area contributed by atoms with E-state index in [2.05, 4.69) is 5.32 Å². The summed E-state index contributed by atoms with van der Waals surface area (Å²) in [6, 6.07) is 11.2. The zero-order valence-corrected chi connectivity index (χ0v) is 13.8. The summed E-state index contributed by atoms with van der Waals surface area (Å²) in [5.74, 6) is -0.518. The van der Waals surface area contributed by atoms with Crippen molar-refractivity contribution in [2.45, 2.75) is 19.6 Å². The van der Waals surface area contributed by atoms with Crippen molar-refractivity contribution in [3.05, 3.63) is 76.5 Å². The highest BCUT2D eigenvalue weighted by Gasteiger charge is 2.33. The Labute approximate surface area is 147 Å². The third-order valence-corrected chi connectivity index (χ3v) is 3.97. The number of aryl methyl sites for hydroxylation is 1. The van der Waals surface area contributed by atoms with Crippen LogP contribution in [0.4, 0.5) is 18.0 Å². The van der Waals surface area contributed by atoms with Gasteiger partial charge in [-0.3, -0.25) is 9.69 Å². The average Bonchev–Trinajstić information content (AvgIpc) is 2.84. The standard InChI is InChI=1S/C19H15F3N2O2/c1-12-2-4-14(5-3-12)11-24-17(25)16(23-18(24)26)10-13-6-8-15(9-7-13)19(20,21)22/h2-10H,11H2,1H3,(H,23,26)/b16-10+. The van der Waals surface area contributed by atoms with Crippen molar-refractivity contribution < 1.29 is 22.8 Å². The number of hydrogen-bond donors (Lipinski definition) is 1. The molecule has 0 atom stereocenters. The number of benzene rings is 2. The molecule has 0 radical (unpaired) electrons. The SMILES string of the molecule is Cc1ccc(CN2C(=O)N/C(=C/c3ccc(C(F)(F)F)cc3)C2=O)cc1. The summed E-state index contributed by atoms with van der Waals surface area (Å²) < 4.78 is 37.8. The number of imide groups is 1. The molecule has 1 saturated heterocycles. The zero-order chi connectivity index (χ0) is 18.9. The second-order valence-electron chi connectivity index (χ2n) is 5.98. The third-order valence-electron chi connectivity index (χ3n) is 3.97. The Hall–Kier alpha value is -3.09. The van der Waals surface area contributed by atoms with Gasteiger partial charge in [-0.2, -0.15) is 13.2 Å². The summed E-state index contributed by atoms with van der Waals surface area (Å²) >= 11 is 0. The first kappa shape index (κ1) is 17.7. The van der Waals surface area contributed by atoms with E-state index < -0.39 is 23.7 Å². The van der Waals surface area contributed by atoms with Gasteiger partial charge in [0.2, 0.25) is 0 Å². The van der Waals surface area contributed by atoms with Crippen LogP contribution < -0.4 is 5.32 Å². The maximum absolute atomic E-state index is 12.6. The first-order chi connectivity index (χ1) is 12.2. The van der Waals surface area contributed by atoms with Gasteiger partial charge in [0.25, 0.3) is 5.91 Å². The molecule has 26 heavy (non-hydrogen) atoms. The summed E-state index contributed by atoms with van der Waals surface area (Å²) in [6.07, 6.45) is -3.07. The number of carbonyl (C=O) groups is 2. The van der Waals surface area contributed by atoms with Gasteiger partial charge >= 0.3 is 12.2 Å². The van der Waals surface area contributed by atoms with Crippen LogP contribution in [0, 0.1) is 6.92 Å². The first-order valence-electron chi connectivity index (χ1n) is 7.81. The molecule has 3 amide bonds. The normalized spacial score (nSPS) is 16.3. The molecule has 0 aromatic heterocycles. The lowest BCUT2D eigenvalue weighted by molar-refractivity contribution is -0.137. The second-order valence-corrected chi connectivity index (χ2v) is 5.98. The van der Waals surface area contributed by atoms with Crippen molar-refractivity contribution in [2.75, 3.05) is 0 Å². The van der Waals surface area contributed by atoms with Crippen LogP contribution in [0.5, 0.6) is 0 Å². The summed E-state index contributed by atoms with van der Waals surface area (Å²) in [6.45, 7) is 2.05. The molecule has 134 valence electrons. The van der Waals surface area contributed by atoms with E-state index >= 15 is 0 Å². The van der Waals surface area contributed by atoms with Crippen LogP contribution in [0.25, 0.3) is 6.08 Å². The summed E-state index contributed by atoms with van der Waals surface area (Å²) in [5, 5.41) is 2.46. The highest BCUT2D eigenvalue weighted by atomic mass is 19.4. The Morgan fingerprint density at radius 2 is 1.62 bits per heavy atom. The fraction of sp³-hybridized carbons (Fsp3) is 0.158. The molecule has 4 nitrogen and oxygen atoms in total. The molecule has 7 heteroatoms. The fourth-order valence-corrected chi connectivity index (χ4v) is 2.53. The summed E-state index contributed by atoms with van der Waals surface area (Å²) in [7, 11) is 0. The molecule has 3 rings (SSSR count). The van der Waals surface area contributed by atoms with E-state index in [0.717, 1.165) is 28.2 Å². The Morgan fingerprint density at radius 1 is 1.00 bits per heavy atom. The predicted octanol–water partition coefficient (Wildman–Crippen LogP) is 4.11. The first-order valence-corrected chi connectivity index (χ1v) is 7.81. The van der Waals surface area contributed by atoms with Gasteiger partial charge in [-0.1, -0.05) is 42.0 Å². The predicted molar refractivity (Wildman–Crippen MR) is 89.7 cm³/mol. The monoisotopic (exact) mass is 360 g/mol. The Kier molecular flexibility index (Phi) is 4.54. The van der Waals surface area contributed by atoms with Crippen molar-refractivity contribution >= 4 is 18.0 Å². The van der Waals surface area contributed by atoms with Crippen molar-refractivity contribution in [2.24, 2.45) is 0 Å². The highest BCUT2D eigenvalue weighted by molar-refractivity contribution is 6.13. The van der Waals surface area contributed by atoms with Gasteiger partial charge in [-0.25, -0.2) is 4.79 Å². The van der Waals surface area contributed by atoms with Gasteiger partial charge < -0.3 is 5.32 Å². The van der Waals surface area contributed by atoms with Crippen LogP contribution in [0.3, 0.4) is 0 Å². The minimum atomic E-state index is -4.42. The van der Waals surface area contributed by atoms with E-state index in [1.54, 1.807) is 0 Å². The Morgan fingerprint density at radius 3 is 2.19 bits per heavy atom. The molecular formula is C19H15F3N2O2. The molecule has 1 N–H and O–H groups in total. The Balaban J connectivity index is 1.77. The van der Waals surface area contributed by atoms with Crippen molar-refractivity contribution in [1.29, 1.82) is 0 Å². The number of carbonyl (C=O) groups excluding carboxylic acids is 2. The lowest BCUT2D eigenvalue weighted by atomic mass is 10.1. The minimum absolute atomic E-state index is 0.0295. The minimum Gasteiger partial charge on any atom is -0.303 e. The number of nitrogens with zero attached hydrogens (tertiary/aromatic N) is 1. The third kappa shape index (κ3) is 3.77. The smallest absolute Gasteiger partial charge is 0.303 e. The number of halogens is 3. The lowest BCUT2D eigenvalue weighted by Crippen LogP contribution is -2.30. The number of rotatable bonds is 3. The van der Waals surface area contributed by atoms with Gasteiger partial charge in [-0.05, 0) is 36.3 Å². The summed E-state index contributed by atoms with van der Waals surface area (Å²) in [5.41, 5.74) is 1.51. The van der Waals surface area contributed by atoms with Crippen molar-refractivity contribution in [1.82, 2.24) is 10.2 Å². The van der Waals surface area contributed by atoms with E-state index in [4.69, 9.17) is 0 Å². The maximum Gasteiger partial charge on any atom is 0.416 e. The second kappa shape index (κ2) is 6.67. The van der Waals surface area contributed by atoms with E-state index in [1.165, 1.54) is 18.2 Å². The Bertz CT molecular complexity index is 869. The van der Waals surface area contributed by atoms with Gasteiger partial charge in [0.05, 0.1) is 12.1 Å². The van der Waals surface area contributed by atoms with E-state index in [0.29, 0.717) is 5.56 Å². The lowest BCUT2D eigenvalue weighted by Gasteiger charge is -2.11. The van der Waals surface area contributed by atoms with Gasteiger partial charge in [0, 0.05) is 0 Å². The largest absolute Gasteiger partial charge is 0.416 e. The van der Waals surface area contributed by atoms with Crippen molar-refractivity contribution in [3.8, 4) is 0 Å². The number of hydrogen-bond acceptors (Lipinski definition) is 2. The van der Waals surface area contributed by atoms with E-state index in [1.807, 2.05) is 31.2 Å². The average molecular weight is 360 g/mol. The van der Waals surface area contributed by atoms with Crippen LogP contribution in [0.1, 0.15) is 22.3 Å². The van der Waals surface area contributed by atoms with Crippen LogP contribution >= 0.6 is 0 Å². The number of amides is 3. The molecule has 1 aliphatic rings. The molecular weight excluding hydrogens is 345 g/mol. The van der Waals surface area contributed by atoms with Crippen molar-refractivity contribution in [3.63, 3.8) is 0 Å². The topological polar surface area (TPSA) is 49.4 Å². The quantitative estimate of drug-likeness (QED) is 0.662. The number of urea groups is 1. The molecule has 1 heterocycles. The highest BCUT2D eigenvalue weighted by Crippen LogP contribution is 2.29. The van der Waals surface area contributed by atoms with Crippen LogP contribution in [-0.4, -0.2) is 16.8 Å². The molecule has 1 aliphatic heterocycles. The molecule has 0 bridgehead atoms. The molecule has 0 saturated carbocycles. The molecule has 2 aromatic rings. The molecule has 2 aromatic carbocycles. The maximum atomic E-state index is 12.6. The molecule has 0 unspecified atom stereocenters. The number of nitrogens with one attached hydrogen (secondary N) is 1.